The number of aryl methyl sites for hydroxylation is 1. The van der Waals surface area contributed by atoms with Gasteiger partial charge in [-0.25, -0.2) is 0 Å². The predicted molar refractivity (Wildman–Crippen MR) is 78.2 cm³/mol. The van der Waals surface area contributed by atoms with Crippen LogP contribution in [0.5, 0.6) is 0 Å². The number of hydrogen-bond acceptors (Lipinski definition) is 2. The maximum atomic E-state index is 12.1. The number of rotatable bonds is 3. The molecular weight excluding hydrogens is 236 g/mol. The molecule has 0 spiro atoms. The predicted octanol–water partition coefficient (Wildman–Crippen LogP) is 3.27. The lowest BCUT2D eigenvalue weighted by Gasteiger charge is -2.13. The number of carbonyl (C=O) groups is 1. The van der Waals surface area contributed by atoms with Crippen molar-refractivity contribution in [2.24, 2.45) is 5.73 Å². The largest absolute Gasteiger partial charge is 0.324 e. The average molecular weight is 254 g/mol. The maximum Gasteiger partial charge on any atom is 0.255 e. The normalized spacial score (nSPS) is 11.9. The van der Waals surface area contributed by atoms with Gasteiger partial charge in [-0.2, -0.15) is 0 Å². The summed E-state index contributed by atoms with van der Waals surface area (Å²) in [5, 5.41) is 2.91. The van der Waals surface area contributed by atoms with Gasteiger partial charge in [0.2, 0.25) is 0 Å². The molecule has 0 radical (unpaired) electrons. The number of amides is 1. The maximum absolute atomic E-state index is 12.1. The van der Waals surface area contributed by atoms with Gasteiger partial charge in [0.15, 0.2) is 0 Å². The Kier molecular flexibility index (Phi) is 3.97. The number of nitrogens with two attached hydrogens (primary N) is 1. The van der Waals surface area contributed by atoms with Crippen molar-refractivity contribution in [2.45, 2.75) is 19.9 Å². The molecule has 3 nitrogen and oxygen atoms in total. The molecule has 3 heteroatoms. The monoisotopic (exact) mass is 254 g/mol. The minimum Gasteiger partial charge on any atom is -0.324 e. The molecule has 0 aliphatic rings. The van der Waals surface area contributed by atoms with E-state index in [0.29, 0.717) is 5.56 Å². The molecule has 2 rings (SSSR count). The molecule has 1 unspecified atom stereocenters. The Bertz CT molecular complexity index is 574. The van der Waals surface area contributed by atoms with E-state index in [9.17, 15) is 4.79 Å². The minimum absolute atomic E-state index is 0.116. The van der Waals surface area contributed by atoms with Gasteiger partial charge in [0.25, 0.3) is 5.91 Å². The van der Waals surface area contributed by atoms with Gasteiger partial charge < -0.3 is 11.1 Å². The van der Waals surface area contributed by atoms with Gasteiger partial charge in [-0.3, -0.25) is 4.79 Å². The number of para-hydroxylation sites is 1. The molecule has 0 aliphatic heterocycles. The van der Waals surface area contributed by atoms with Crippen LogP contribution in [0.25, 0.3) is 0 Å². The third-order valence-electron chi connectivity index (χ3n) is 3.01. The molecule has 0 saturated heterocycles. The van der Waals surface area contributed by atoms with Crippen molar-refractivity contribution in [3.63, 3.8) is 0 Å². The van der Waals surface area contributed by atoms with E-state index in [1.165, 1.54) is 0 Å². The van der Waals surface area contributed by atoms with Gasteiger partial charge in [-0.1, -0.05) is 35.9 Å². The van der Waals surface area contributed by atoms with Crippen LogP contribution in [0.2, 0.25) is 0 Å². The van der Waals surface area contributed by atoms with E-state index in [-0.39, 0.29) is 11.9 Å². The Morgan fingerprint density at radius 3 is 2.37 bits per heavy atom. The number of benzene rings is 2. The highest BCUT2D eigenvalue weighted by molar-refractivity contribution is 6.04. The molecular formula is C16H18N2O. The average Bonchev–Trinajstić information content (AvgIpc) is 2.39. The summed E-state index contributed by atoms with van der Waals surface area (Å²) < 4.78 is 0. The molecule has 19 heavy (non-hydrogen) atoms. The summed E-state index contributed by atoms with van der Waals surface area (Å²) >= 11 is 0. The molecule has 0 fully saturated rings. The highest BCUT2D eigenvalue weighted by atomic mass is 16.1. The summed E-state index contributed by atoms with van der Waals surface area (Å²) in [4.78, 5) is 12.1. The van der Waals surface area contributed by atoms with Crippen molar-refractivity contribution < 1.29 is 4.79 Å². The fourth-order valence-corrected chi connectivity index (χ4v) is 1.91. The van der Waals surface area contributed by atoms with Crippen LogP contribution in [-0.4, -0.2) is 5.91 Å². The van der Waals surface area contributed by atoms with E-state index in [1.54, 1.807) is 0 Å². The van der Waals surface area contributed by atoms with Crippen LogP contribution >= 0.6 is 0 Å². The zero-order valence-electron chi connectivity index (χ0n) is 11.2. The van der Waals surface area contributed by atoms with Gasteiger partial charge in [0, 0.05) is 17.3 Å². The molecule has 0 aliphatic carbocycles. The smallest absolute Gasteiger partial charge is 0.255 e. The summed E-state index contributed by atoms with van der Waals surface area (Å²) in [5.41, 5.74) is 9.37. The first-order chi connectivity index (χ1) is 9.08. The van der Waals surface area contributed by atoms with Gasteiger partial charge in [-0.15, -0.1) is 0 Å². The minimum atomic E-state index is -0.117. The van der Waals surface area contributed by atoms with E-state index in [1.807, 2.05) is 62.4 Å². The fraction of sp³-hybridized carbons (Fsp3) is 0.188. The van der Waals surface area contributed by atoms with Gasteiger partial charge >= 0.3 is 0 Å². The molecule has 2 aromatic carbocycles. The van der Waals surface area contributed by atoms with E-state index in [0.717, 1.165) is 16.8 Å². The van der Waals surface area contributed by atoms with Crippen LogP contribution in [0, 0.1) is 6.92 Å². The highest BCUT2D eigenvalue weighted by Crippen LogP contribution is 2.21. The Hall–Kier alpha value is -2.13. The van der Waals surface area contributed by atoms with Crippen LogP contribution < -0.4 is 11.1 Å². The number of carbonyl (C=O) groups excluding carboxylic acids is 1. The fourth-order valence-electron chi connectivity index (χ4n) is 1.91. The van der Waals surface area contributed by atoms with Crippen molar-refractivity contribution in [3.05, 3.63) is 65.2 Å². The van der Waals surface area contributed by atoms with Gasteiger partial charge in [-0.05, 0) is 37.6 Å². The first kappa shape index (κ1) is 13.3. The van der Waals surface area contributed by atoms with Gasteiger partial charge in [0.1, 0.15) is 0 Å². The first-order valence-corrected chi connectivity index (χ1v) is 6.30. The quantitative estimate of drug-likeness (QED) is 0.883. The lowest BCUT2D eigenvalue weighted by Crippen LogP contribution is -2.15. The first-order valence-electron chi connectivity index (χ1n) is 6.30. The molecule has 1 amide bonds. The summed E-state index contributed by atoms with van der Waals surface area (Å²) in [7, 11) is 0. The Labute approximate surface area is 113 Å². The molecule has 0 saturated carbocycles. The van der Waals surface area contributed by atoms with Crippen molar-refractivity contribution in [2.75, 3.05) is 5.32 Å². The molecule has 98 valence electrons. The van der Waals surface area contributed by atoms with Crippen LogP contribution in [0.15, 0.2) is 48.5 Å². The molecule has 3 N–H and O–H groups in total. The lowest BCUT2D eigenvalue weighted by molar-refractivity contribution is 0.102. The van der Waals surface area contributed by atoms with Crippen LogP contribution in [-0.2, 0) is 0 Å². The zero-order chi connectivity index (χ0) is 13.8. The SMILES string of the molecule is Cc1ccc(C(=O)Nc2ccccc2C(C)N)cc1. The Morgan fingerprint density at radius 2 is 1.74 bits per heavy atom. The number of hydrogen-bond donors (Lipinski definition) is 2. The van der Waals surface area contributed by atoms with E-state index in [2.05, 4.69) is 5.32 Å². The second kappa shape index (κ2) is 5.67. The Morgan fingerprint density at radius 1 is 1.11 bits per heavy atom. The van der Waals surface area contributed by atoms with Crippen molar-refractivity contribution in [1.82, 2.24) is 0 Å². The van der Waals surface area contributed by atoms with Crippen LogP contribution in [0.3, 0.4) is 0 Å². The van der Waals surface area contributed by atoms with Crippen molar-refractivity contribution >= 4 is 11.6 Å². The molecule has 0 bridgehead atoms. The van der Waals surface area contributed by atoms with E-state index >= 15 is 0 Å². The van der Waals surface area contributed by atoms with Crippen molar-refractivity contribution in [3.8, 4) is 0 Å². The molecule has 1 atom stereocenters. The molecule has 0 heterocycles. The molecule has 2 aromatic rings. The standard InChI is InChI=1S/C16H18N2O/c1-11-7-9-13(10-8-11)16(19)18-15-6-4-3-5-14(15)12(2)17/h3-10,12H,17H2,1-2H3,(H,18,19). The van der Waals surface area contributed by atoms with Crippen LogP contribution in [0.1, 0.15) is 34.5 Å². The topological polar surface area (TPSA) is 55.1 Å². The van der Waals surface area contributed by atoms with E-state index < -0.39 is 0 Å². The summed E-state index contributed by atoms with van der Waals surface area (Å²) in [6, 6.07) is 15.0. The summed E-state index contributed by atoms with van der Waals surface area (Å²) in [6.45, 7) is 3.89. The molecule has 0 aromatic heterocycles. The second-order valence-electron chi connectivity index (χ2n) is 4.70. The van der Waals surface area contributed by atoms with Crippen LogP contribution in [0.4, 0.5) is 5.69 Å². The number of nitrogens with one attached hydrogen (secondary N) is 1. The highest BCUT2D eigenvalue weighted by Gasteiger charge is 2.10. The van der Waals surface area contributed by atoms with E-state index in [4.69, 9.17) is 5.73 Å². The van der Waals surface area contributed by atoms with Gasteiger partial charge in [0.05, 0.1) is 0 Å². The zero-order valence-corrected chi connectivity index (χ0v) is 11.2. The Balaban J connectivity index is 2.22. The summed E-state index contributed by atoms with van der Waals surface area (Å²) in [6.07, 6.45) is 0. The third kappa shape index (κ3) is 3.20. The number of anilines is 1. The summed E-state index contributed by atoms with van der Waals surface area (Å²) in [5.74, 6) is -0.117. The van der Waals surface area contributed by atoms with Crippen molar-refractivity contribution in [1.29, 1.82) is 0 Å². The lowest BCUT2D eigenvalue weighted by atomic mass is 10.1. The third-order valence-corrected chi connectivity index (χ3v) is 3.01. The second-order valence-corrected chi connectivity index (χ2v) is 4.70.